The highest BCUT2D eigenvalue weighted by Gasteiger charge is 2.31. The maximum absolute atomic E-state index is 12.8. The molecule has 2 heterocycles. The van der Waals surface area contributed by atoms with Gasteiger partial charge in [-0.05, 0) is 18.2 Å². The summed E-state index contributed by atoms with van der Waals surface area (Å²) < 4.78 is 7.48. The molecule has 2 aromatic rings. The fourth-order valence-corrected chi connectivity index (χ4v) is 2.83. The van der Waals surface area contributed by atoms with E-state index in [0.717, 1.165) is 5.69 Å². The summed E-state index contributed by atoms with van der Waals surface area (Å²) in [5.41, 5.74) is 1.21. The first kappa shape index (κ1) is 15.2. The van der Waals surface area contributed by atoms with Crippen LogP contribution in [-0.2, 0) is 11.8 Å². The van der Waals surface area contributed by atoms with E-state index < -0.39 is 4.92 Å². The van der Waals surface area contributed by atoms with Crippen molar-refractivity contribution in [2.45, 2.75) is 6.04 Å². The lowest BCUT2D eigenvalue weighted by atomic mass is 10.1. The number of carbonyl (C=O) groups excluding carboxylic acids is 1. The zero-order valence-electron chi connectivity index (χ0n) is 12.7. The smallest absolute Gasteiger partial charge is 0.270 e. The molecule has 1 unspecified atom stereocenters. The van der Waals surface area contributed by atoms with E-state index in [0.29, 0.717) is 25.3 Å². The van der Waals surface area contributed by atoms with E-state index in [2.05, 4.69) is 0 Å². The minimum absolute atomic E-state index is 0.0838. The van der Waals surface area contributed by atoms with Gasteiger partial charge in [0.25, 0.3) is 11.6 Å². The van der Waals surface area contributed by atoms with E-state index in [1.807, 2.05) is 29.9 Å². The SMILES string of the molecule is Cn1cccc1C1COCCN1C(=O)c1cccc([N+](=O)[O-])c1. The molecule has 120 valence electrons. The molecule has 1 saturated heterocycles. The predicted octanol–water partition coefficient (Wildman–Crippen LogP) is 2.15. The summed E-state index contributed by atoms with van der Waals surface area (Å²) in [7, 11) is 1.92. The van der Waals surface area contributed by atoms with Crippen LogP contribution in [0.5, 0.6) is 0 Å². The molecule has 1 aromatic heterocycles. The fraction of sp³-hybridized carbons (Fsp3) is 0.312. The Labute approximate surface area is 133 Å². The number of carbonyl (C=O) groups is 1. The molecule has 7 heteroatoms. The lowest BCUT2D eigenvalue weighted by Gasteiger charge is -2.36. The first-order valence-electron chi connectivity index (χ1n) is 7.32. The van der Waals surface area contributed by atoms with Crippen LogP contribution in [-0.4, -0.2) is 40.1 Å². The number of nitro groups is 1. The van der Waals surface area contributed by atoms with Crippen molar-refractivity contribution >= 4 is 11.6 Å². The normalized spacial score (nSPS) is 18.0. The van der Waals surface area contributed by atoms with Crippen LogP contribution in [0.4, 0.5) is 5.69 Å². The quantitative estimate of drug-likeness (QED) is 0.642. The summed E-state index contributed by atoms with van der Waals surface area (Å²) >= 11 is 0. The van der Waals surface area contributed by atoms with E-state index in [1.165, 1.54) is 18.2 Å². The number of nitrogens with zero attached hydrogens (tertiary/aromatic N) is 3. The van der Waals surface area contributed by atoms with Crippen molar-refractivity contribution in [1.82, 2.24) is 9.47 Å². The number of benzene rings is 1. The van der Waals surface area contributed by atoms with Gasteiger partial charge < -0.3 is 14.2 Å². The fourth-order valence-electron chi connectivity index (χ4n) is 2.83. The second-order valence-electron chi connectivity index (χ2n) is 5.44. The number of non-ortho nitro benzene ring substituents is 1. The Morgan fingerprint density at radius 1 is 1.35 bits per heavy atom. The molecule has 1 atom stereocenters. The van der Waals surface area contributed by atoms with Gasteiger partial charge in [-0.1, -0.05) is 6.07 Å². The Hall–Kier alpha value is -2.67. The van der Waals surface area contributed by atoms with Crippen LogP contribution in [0.3, 0.4) is 0 Å². The van der Waals surface area contributed by atoms with Crippen molar-refractivity contribution in [3.63, 3.8) is 0 Å². The number of aryl methyl sites for hydroxylation is 1. The zero-order chi connectivity index (χ0) is 16.4. The van der Waals surface area contributed by atoms with Gasteiger partial charge in [0.2, 0.25) is 0 Å². The standard InChI is InChI=1S/C16H17N3O4/c1-17-7-3-6-14(17)15-11-23-9-8-18(15)16(20)12-4-2-5-13(10-12)19(21)22/h2-7,10,15H,8-9,11H2,1H3. The Kier molecular flexibility index (Phi) is 4.12. The lowest BCUT2D eigenvalue weighted by Crippen LogP contribution is -2.44. The van der Waals surface area contributed by atoms with Crippen molar-refractivity contribution in [3.8, 4) is 0 Å². The molecule has 0 saturated carbocycles. The summed E-state index contributed by atoms with van der Waals surface area (Å²) in [6, 6.07) is 9.50. The molecule has 1 amide bonds. The molecule has 0 spiro atoms. The summed E-state index contributed by atoms with van der Waals surface area (Å²) in [5.74, 6) is -0.219. The summed E-state index contributed by atoms with van der Waals surface area (Å²) in [6.07, 6.45) is 1.92. The average molecular weight is 315 g/mol. The Balaban J connectivity index is 1.91. The van der Waals surface area contributed by atoms with Gasteiger partial charge in [-0.2, -0.15) is 0 Å². The number of amides is 1. The van der Waals surface area contributed by atoms with Crippen molar-refractivity contribution < 1.29 is 14.5 Å². The third kappa shape index (κ3) is 2.95. The Bertz CT molecular complexity index is 740. The topological polar surface area (TPSA) is 77.6 Å². The van der Waals surface area contributed by atoms with Gasteiger partial charge in [0.05, 0.1) is 24.2 Å². The highest BCUT2D eigenvalue weighted by Crippen LogP contribution is 2.26. The lowest BCUT2D eigenvalue weighted by molar-refractivity contribution is -0.384. The third-order valence-corrected chi connectivity index (χ3v) is 4.02. The molecule has 7 nitrogen and oxygen atoms in total. The number of hydrogen-bond acceptors (Lipinski definition) is 4. The van der Waals surface area contributed by atoms with Crippen LogP contribution in [0.25, 0.3) is 0 Å². The monoisotopic (exact) mass is 315 g/mol. The van der Waals surface area contributed by atoms with Gasteiger partial charge in [-0.3, -0.25) is 14.9 Å². The number of rotatable bonds is 3. The van der Waals surface area contributed by atoms with Crippen LogP contribution in [0.2, 0.25) is 0 Å². The largest absolute Gasteiger partial charge is 0.377 e. The Morgan fingerprint density at radius 2 is 2.17 bits per heavy atom. The first-order valence-corrected chi connectivity index (χ1v) is 7.32. The maximum Gasteiger partial charge on any atom is 0.270 e. The predicted molar refractivity (Wildman–Crippen MR) is 83.1 cm³/mol. The number of aromatic nitrogens is 1. The second kappa shape index (κ2) is 6.21. The highest BCUT2D eigenvalue weighted by molar-refractivity contribution is 5.95. The molecule has 1 aromatic carbocycles. The number of morpholine rings is 1. The van der Waals surface area contributed by atoms with Gasteiger partial charge in [-0.15, -0.1) is 0 Å². The molecule has 0 aliphatic carbocycles. The van der Waals surface area contributed by atoms with E-state index in [4.69, 9.17) is 4.74 Å². The summed E-state index contributed by atoms with van der Waals surface area (Å²) in [6.45, 7) is 1.33. The van der Waals surface area contributed by atoms with Crippen molar-refractivity contribution in [1.29, 1.82) is 0 Å². The summed E-state index contributed by atoms with van der Waals surface area (Å²) in [4.78, 5) is 25.0. The van der Waals surface area contributed by atoms with Crippen molar-refractivity contribution in [2.75, 3.05) is 19.8 Å². The molecule has 1 aliphatic heterocycles. The average Bonchev–Trinajstić information content (AvgIpc) is 3.00. The molecular formula is C16H17N3O4. The molecular weight excluding hydrogens is 298 g/mol. The van der Waals surface area contributed by atoms with Crippen LogP contribution < -0.4 is 0 Å². The minimum atomic E-state index is -0.495. The third-order valence-electron chi connectivity index (χ3n) is 4.02. The van der Waals surface area contributed by atoms with Gasteiger partial charge in [-0.25, -0.2) is 0 Å². The molecule has 23 heavy (non-hydrogen) atoms. The molecule has 1 fully saturated rings. The first-order chi connectivity index (χ1) is 11.1. The number of ether oxygens (including phenoxy) is 1. The molecule has 0 bridgehead atoms. The van der Waals surface area contributed by atoms with Gasteiger partial charge in [0, 0.05) is 43.2 Å². The van der Waals surface area contributed by atoms with Gasteiger partial charge in [0.15, 0.2) is 0 Å². The molecule has 0 radical (unpaired) electrons. The van der Waals surface area contributed by atoms with Gasteiger partial charge >= 0.3 is 0 Å². The molecule has 0 N–H and O–H groups in total. The molecule has 1 aliphatic rings. The van der Waals surface area contributed by atoms with Crippen LogP contribution in [0.15, 0.2) is 42.6 Å². The zero-order valence-corrected chi connectivity index (χ0v) is 12.7. The molecule has 3 rings (SSSR count). The Morgan fingerprint density at radius 3 is 2.87 bits per heavy atom. The number of hydrogen-bond donors (Lipinski definition) is 0. The van der Waals surface area contributed by atoms with E-state index in [-0.39, 0.29) is 17.6 Å². The van der Waals surface area contributed by atoms with Gasteiger partial charge in [0.1, 0.15) is 0 Å². The van der Waals surface area contributed by atoms with Crippen molar-refractivity contribution in [2.24, 2.45) is 7.05 Å². The van der Waals surface area contributed by atoms with Crippen LogP contribution >= 0.6 is 0 Å². The maximum atomic E-state index is 12.8. The van der Waals surface area contributed by atoms with Crippen molar-refractivity contribution in [3.05, 3.63) is 64.0 Å². The van der Waals surface area contributed by atoms with E-state index in [1.54, 1.807) is 11.0 Å². The van der Waals surface area contributed by atoms with Crippen LogP contribution in [0.1, 0.15) is 22.1 Å². The highest BCUT2D eigenvalue weighted by atomic mass is 16.6. The van der Waals surface area contributed by atoms with E-state index >= 15 is 0 Å². The summed E-state index contributed by atoms with van der Waals surface area (Å²) in [5, 5.41) is 10.9. The number of nitro benzene ring substituents is 1. The van der Waals surface area contributed by atoms with Crippen LogP contribution in [0, 0.1) is 10.1 Å². The van der Waals surface area contributed by atoms with E-state index in [9.17, 15) is 14.9 Å². The minimum Gasteiger partial charge on any atom is -0.377 e. The second-order valence-corrected chi connectivity index (χ2v) is 5.44.